The lowest BCUT2D eigenvalue weighted by atomic mass is 9.68. The zero-order chi connectivity index (χ0) is 8.48. The third-order valence-electron chi connectivity index (χ3n) is 3.72. The standard InChI is InChI=1S/C10H21N/c1-4-10(11)7-5-6-8(2)9(10)3/h8-9H,4-7,11H2,1-3H3. The van der Waals surface area contributed by atoms with Crippen LogP contribution in [-0.2, 0) is 0 Å². The molecular formula is C10H21N. The average molecular weight is 155 g/mol. The lowest BCUT2D eigenvalue weighted by molar-refractivity contribution is 0.139. The molecular weight excluding hydrogens is 134 g/mol. The van der Waals surface area contributed by atoms with Gasteiger partial charge in [0.15, 0.2) is 0 Å². The van der Waals surface area contributed by atoms with Gasteiger partial charge in [0.2, 0.25) is 0 Å². The SMILES string of the molecule is CCC1(N)CCCC(C)C1C. The quantitative estimate of drug-likeness (QED) is 0.618. The third-order valence-corrected chi connectivity index (χ3v) is 3.72. The lowest BCUT2D eigenvalue weighted by Crippen LogP contribution is -2.50. The first kappa shape index (κ1) is 9.05. The van der Waals surface area contributed by atoms with Gasteiger partial charge in [-0.3, -0.25) is 0 Å². The van der Waals surface area contributed by atoms with E-state index in [1.54, 1.807) is 0 Å². The summed E-state index contributed by atoms with van der Waals surface area (Å²) in [4.78, 5) is 0. The number of nitrogens with two attached hydrogens (primary N) is 1. The summed E-state index contributed by atoms with van der Waals surface area (Å²) >= 11 is 0. The second-order valence-electron chi connectivity index (χ2n) is 4.24. The molecule has 3 atom stereocenters. The molecule has 1 aliphatic rings. The molecule has 0 radical (unpaired) electrons. The van der Waals surface area contributed by atoms with Gasteiger partial charge >= 0.3 is 0 Å². The molecule has 0 aromatic heterocycles. The predicted molar refractivity (Wildman–Crippen MR) is 49.4 cm³/mol. The van der Waals surface area contributed by atoms with Gasteiger partial charge in [0.1, 0.15) is 0 Å². The molecule has 0 aromatic carbocycles. The van der Waals surface area contributed by atoms with Crippen molar-refractivity contribution < 1.29 is 0 Å². The molecule has 0 saturated heterocycles. The van der Waals surface area contributed by atoms with Gasteiger partial charge in [-0.2, -0.15) is 0 Å². The summed E-state index contributed by atoms with van der Waals surface area (Å²) < 4.78 is 0. The molecule has 0 bridgehead atoms. The highest BCUT2D eigenvalue weighted by atomic mass is 14.8. The van der Waals surface area contributed by atoms with Crippen LogP contribution >= 0.6 is 0 Å². The van der Waals surface area contributed by atoms with Crippen molar-refractivity contribution in [1.29, 1.82) is 0 Å². The molecule has 0 spiro atoms. The molecule has 11 heavy (non-hydrogen) atoms. The topological polar surface area (TPSA) is 26.0 Å². The van der Waals surface area contributed by atoms with Crippen LogP contribution in [0.5, 0.6) is 0 Å². The van der Waals surface area contributed by atoms with Crippen LogP contribution in [0.4, 0.5) is 0 Å². The Morgan fingerprint density at radius 3 is 2.55 bits per heavy atom. The van der Waals surface area contributed by atoms with Crippen LogP contribution in [0.1, 0.15) is 46.5 Å². The zero-order valence-electron chi connectivity index (χ0n) is 8.06. The highest BCUT2D eigenvalue weighted by Crippen LogP contribution is 2.37. The second-order valence-corrected chi connectivity index (χ2v) is 4.24. The van der Waals surface area contributed by atoms with Gasteiger partial charge in [-0.05, 0) is 24.7 Å². The molecule has 3 unspecified atom stereocenters. The number of hydrogen-bond donors (Lipinski definition) is 1. The molecule has 1 nitrogen and oxygen atoms in total. The Kier molecular flexibility index (Phi) is 2.58. The predicted octanol–water partition coefficient (Wildman–Crippen LogP) is 2.55. The monoisotopic (exact) mass is 155 g/mol. The van der Waals surface area contributed by atoms with Crippen molar-refractivity contribution in [3.63, 3.8) is 0 Å². The molecule has 66 valence electrons. The fourth-order valence-corrected chi connectivity index (χ4v) is 2.30. The molecule has 0 amide bonds. The van der Waals surface area contributed by atoms with Crippen LogP contribution in [0.25, 0.3) is 0 Å². The first-order valence-corrected chi connectivity index (χ1v) is 4.89. The van der Waals surface area contributed by atoms with E-state index >= 15 is 0 Å². The molecule has 1 heteroatoms. The molecule has 0 heterocycles. The van der Waals surface area contributed by atoms with E-state index in [4.69, 9.17) is 5.73 Å². The van der Waals surface area contributed by atoms with Crippen molar-refractivity contribution in [3.8, 4) is 0 Å². The fourth-order valence-electron chi connectivity index (χ4n) is 2.30. The summed E-state index contributed by atoms with van der Waals surface area (Å²) in [6, 6.07) is 0. The van der Waals surface area contributed by atoms with Crippen molar-refractivity contribution >= 4 is 0 Å². The van der Waals surface area contributed by atoms with Gasteiger partial charge in [-0.1, -0.05) is 33.6 Å². The average Bonchev–Trinajstić information content (AvgIpc) is 2.00. The second kappa shape index (κ2) is 3.14. The normalized spacial score (nSPS) is 45.8. The van der Waals surface area contributed by atoms with Gasteiger partial charge < -0.3 is 5.73 Å². The maximum absolute atomic E-state index is 6.29. The minimum absolute atomic E-state index is 0.150. The molecule has 0 aliphatic heterocycles. The highest BCUT2D eigenvalue weighted by Gasteiger charge is 2.36. The summed E-state index contributed by atoms with van der Waals surface area (Å²) in [6.07, 6.45) is 5.07. The summed E-state index contributed by atoms with van der Waals surface area (Å²) in [5.74, 6) is 1.54. The maximum atomic E-state index is 6.29. The van der Waals surface area contributed by atoms with Crippen LogP contribution in [0.15, 0.2) is 0 Å². The van der Waals surface area contributed by atoms with E-state index in [0.29, 0.717) is 5.92 Å². The van der Waals surface area contributed by atoms with Gasteiger partial charge in [-0.25, -0.2) is 0 Å². The summed E-state index contributed by atoms with van der Waals surface area (Å²) in [5, 5.41) is 0. The molecule has 1 rings (SSSR count). The number of hydrogen-bond acceptors (Lipinski definition) is 1. The molecule has 2 N–H and O–H groups in total. The van der Waals surface area contributed by atoms with Crippen LogP contribution in [-0.4, -0.2) is 5.54 Å². The van der Waals surface area contributed by atoms with Crippen LogP contribution in [0, 0.1) is 11.8 Å². The van der Waals surface area contributed by atoms with Gasteiger partial charge in [-0.15, -0.1) is 0 Å². The van der Waals surface area contributed by atoms with Crippen LogP contribution in [0.2, 0.25) is 0 Å². The molecule has 1 fully saturated rings. The summed E-state index contributed by atoms with van der Waals surface area (Å²) in [5.41, 5.74) is 6.44. The Morgan fingerprint density at radius 2 is 2.09 bits per heavy atom. The van der Waals surface area contributed by atoms with E-state index in [9.17, 15) is 0 Å². The fraction of sp³-hybridized carbons (Fsp3) is 1.00. The third kappa shape index (κ3) is 1.58. The lowest BCUT2D eigenvalue weighted by Gasteiger charge is -2.42. The Morgan fingerprint density at radius 1 is 1.45 bits per heavy atom. The van der Waals surface area contributed by atoms with E-state index in [-0.39, 0.29) is 5.54 Å². The first-order valence-electron chi connectivity index (χ1n) is 4.89. The van der Waals surface area contributed by atoms with Crippen LogP contribution in [0.3, 0.4) is 0 Å². The van der Waals surface area contributed by atoms with Gasteiger partial charge in [0, 0.05) is 5.54 Å². The summed E-state index contributed by atoms with van der Waals surface area (Å²) in [6.45, 7) is 6.86. The largest absolute Gasteiger partial charge is 0.325 e. The van der Waals surface area contributed by atoms with Crippen molar-refractivity contribution in [1.82, 2.24) is 0 Å². The minimum atomic E-state index is 0.150. The minimum Gasteiger partial charge on any atom is -0.325 e. The van der Waals surface area contributed by atoms with Crippen molar-refractivity contribution in [3.05, 3.63) is 0 Å². The van der Waals surface area contributed by atoms with Crippen molar-refractivity contribution in [2.45, 2.75) is 52.0 Å². The zero-order valence-corrected chi connectivity index (χ0v) is 8.06. The van der Waals surface area contributed by atoms with Gasteiger partial charge in [0.25, 0.3) is 0 Å². The number of rotatable bonds is 1. The molecule has 1 saturated carbocycles. The molecule has 0 aromatic rings. The van der Waals surface area contributed by atoms with E-state index in [2.05, 4.69) is 20.8 Å². The van der Waals surface area contributed by atoms with E-state index in [1.165, 1.54) is 19.3 Å². The van der Waals surface area contributed by atoms with Crippen LogP contribution < -0.4 is 5.73 Å². The Bertz CT molecular complexity index is 133. The highest BCUT2D eigenvalue weighted by molar-refractivity contribution is 4.93. The molecule has 1 aliphatic carbocycles. The van der Waals surface area contributed by atoms with Crippen molar-refractivity contribution in [2.24, 2.45) is 17.6 Å². The Labute approximate surface area is 70.4 Å². The van der Waals surface area contributed by atoms with Gasteiger partial charge in [0.05, 0.1) is 0 Å². The van der Waals surface area contributed by atoms with E-state index in [1.807, 2.05) is 0 Å². The Hall–Kier alpha value is -0.0400. The first-order chi connectivity index (χ1) is 5.10. The van der Waals surface area contributed by atoms with Crippen molar-refractivity contribution in [2.75, 3.05) is 0 Å². The van der Waals surface area contributed by atoms with E-state index in [0.717, 1.165) is 12.3 Å². The summed E-state index contributed by atoms with van der Waals surface area (Å²) in [7, 11) is 0. The maximum Gasteiger partial charge on any atom is 0.0180 e. The smallest absolute Gasteiger partial charge is 0.0180 e. The Balaban J connectivity index is 2.64. The van der Waals surface area contributed by atoms with E-state index < -0.39 is 0 Å².